The third-order valence-electron chi connectivity index (χ3n) is 5.26. The Labute approximate surface area is 181 Å². The summed E-state index contributed by atoms with van der Waals surface area (Å²) in [5.41, 5.74) is 0.907. The minimum Gasteiger partial charge on any atom is -0.459 e. The van der Waals surface area contributed by atoms with Gasteiger partial charge in [0, 0.05) is 13.2 Å². The fraction of sp³-hybridized carbons (Fsp3) is 0.417. The fourth-order valence-electron chi connectivity index (χ4n) is 3.51. The molecule has 2 saturated heterocycles. The van der Waals surface area contributed by atoms with Crippen molar-refractivity contribution in [1.29, 1.82) is 0 Å². The van der Waals surface area contributed by atoms with Crippen molar-refractivity contribution in [1.82, 2.24) is 0 Å². The summed E-state index contributed by atoms with van der Waals surface area (Å²) in [6, 6.07) is 13.4. The van der Waals surface area contributed by atoms with E-state index in [0.717, 1.165) is 38.9 Å². The van der Waals surface area contributed by atoms with E-state index in [9.17, 15) is 9.59 Å². The molecular weight excluding hydrogens is 400 g/mol. The second kappa shape index (κ2) is 10.4. The summed E-state index contributed by atoms with van der Waals surface area (Å²) in [5.74, 6) is 0.384. The molecule has 0 aliphatic carbocycles. The molecule has 0 radical (unpaired) electrons. The van der Waals surface area contributed by atoms with Crippen LogP contribution in [-0.4, -0.2) is 50.6 Å². The molecule has 7 nitrogen and oxygen atoms in total. The van der Waals surface area contributed by atoms with E-state index in [1.807, 2.05) is 0 Å². The van der Waals surface area contributed by atoms with Crippen molar-refractivity contribution < 1.29 is 33.3 Å². The molecule has 0 bridgehead atoms. The molecule has 164 valence electrons. The maximum atomic E-state index is 12.1. The number of carbonyl (C=O) groups is 2. The zero-order chi connectivity index (χ0) is 21.5. The molecular formula is C24H26O7. The molecule has 2 aromatic carbocycles. The van der Waals surface area contributed by atoms with Gasteiger partial charge >= 0.3 is 11.9 Å². The van der Waals surface area contributed by atoms with Gasteiger partial charge in [0.1, 0.15) is 24.7 Å². The quantitative estimate of drug-likeness (QED) is 0.587. The smallest absolute Gasteiger partial charge is 0.338 e. The summed E-state index contributed by atoms with van der Waals surface area (Å²) in [7, 11) is 0. The van der Waals surface area contributed by atoms with E-state index in [1.54, 1.807) is 48.5 Å². The molecule has 0 spiro atoms. The van der Waals surface area contributed by atoms with Crippen molar-refractivity contribution in [3.05, 3.63) is 59.7 Å². The molecule has 2 aliphatic heterocycles. The number of ether oxygens (including phenoxy) is 5. The molecule has 2 unspecified atom stereocenters. The lowest BCUT2D eigenvalue weighted by atomic mass is 10.2. The van der Waals surface area contributed by atoms with Gasteiger partial charge in [0.2, 0.25) is 0 Å². The van der Waals surface area contributed by atoms with Crippen LogP contribution >= 0.6 is 0 Å². The van der Waals surface area contributed by atoms with Crippen LogP contribution in [0.1, 0.15) is 46.4 Å². The van der Waals surface area contributed by atoms with Crippen LogP contribution in [-0.2, 0) is 18.9 Å². The van der Waals surface area contributed by atoms with Gasteiger partial charge in [-0.3, -0.25) is 0 Å². The van der Waals surface area contributed by atoms with E-state index in [-0.39, 0.29) is 37.4 Å². The summed E-state index contributed by atoms with van der Waals surface area (Å²) in [4.78, 5) is 24.3. The Hall–Kier alpha value is -2.90. The zero-order valence-electron chi connectivity index (χ0n) is 17.3. The summed E-state index contributed by atoms with van der Waals surface area (Å²) >= 11 is 0. The average Bonchev–Trinajstić information content (AvgIpc) is 3.51. The molecule has 0 saturated carbocycles. The lowest BCUT2D eigenvalue weighted by molar-refractivity contribution is 0.0158. The number of benzene rings is 2. The van der Waals surface area contributed by atoms with Gasteiger partial charge in [0.05, 0.1) is 23.3 Å². The Morgan fingerprint density at radius 2 is 1.13 bits per heavy atom. The van der Waals surface area contributed by atoms with Crippen molar-refractivity contribution in [3.8, 4) is 11.5 Å². The van der Waals surface area contributed by atoms with Crippen molar-refractivity contribution in [2.45, 2.75) is 37.9 Å². The van der Waals surface area contributed by atoms with Gasteiger partial charge in [-0.25, -0.2) is 9.59 Å². The lowest BCUT2D eigenvalue weighted by Crippen LogP contribution is -2.17. The average molecular weight is 426 g/mol. The normalized spacial score (nSPS) is 20.4. The predicted molar refractivity (Wildman–Crippen MR) is 111 cm³/mol. The molecule has 2 atom stereocenters. The first-order valence-electron chi connectivity index (χ1n) is 10.6. The molecule has 0 amide bonds. The second-order valence-electron chi connectivity index (χ2n) is 7.62. The number of carbonyl (C=O) groups excluding carboxylic acids is 2. The Balaban J connectivity index is 1.25. The van der Waals surface area contributed by atoms with Crippen LogP contribution < -0.4 is 4.74 Å². The van der Waals surface area contributed by atoms with Gasteiger partial charge in [-0.15, -0.1) is 0 Å². The van der Waals surface area contributed by atoms with Crippen LogP contribution in [0, 0.1) is 0 Å². The molecule has 2 fully saturated rings. The van der Waals surface area contributed by atoms with Crippen molar-refractivity contribution in [2.24, 2.45) is 0 Å². The summed E-state index contributed by atoms with van der Waals surface area (Å²) in [5, 5.41) is 0. The van der Waals surface area contributed by atoms with Crippen LogP contribution in [0.4, 0.5) is 0 Å². The van der Waals surface area contributed by atoms with E-state index in [0.29, 0.717) is 22.6 Å². The van der Waals surface area contributed by atoms with Crippen LogP contribution in [0.15, 0.2) is 48.5 Å². The van der Waals surface area contributed by atoms with Crippen LogP contribution in [0.2, 0.25) is 0 Å². The standard InChI is InChI=1S/C24H26O7/c25-23(29-15-21-3-1-13-27-21)17-5-9-19(10-6-17)31-20-11-7-18(8-12-20)24(26)30-16-22-4-2-14-28-22/h5-12,21-22H,1-4,13-16H2. The number of rotatable bonds is 8. The Bertz CT molecular complexity index is 790. The minimum atomic E-state index is -0.382. The predicted octanol–water partition coefficient (Wildman–Crippen LogP) is 4.15. The molecule has 7 heteroatoms. The zero-order valence-corrected chi connectivity index (χ0v) is 17.3. The largest absolute Gasteiger partial charge is 0.459 e. The third-order valence-corrected chi connectivity index (χ3v) is 5.26. The molecule has 4 rings (SSSR count). The molecule has 31 heavy (non-hydrogen) atoms. The molecule has 2 heterocycles. The monoisotopic (exact) mass is 426 g/mol. The highest BCUT2D eigenvalue weighted by molar-refractivity contribution is 5.90. The van der Waals surface area contributed by atoms with Gasteiger partial charge in [0.25, 0.3) is 0 Å². The topological polar surface area (TPSA) is 80.3 Å². The highest BCUT2D eigenvalue weighted by Gasteiger charge is 2.19. The van der Waals surface area contributed by atoms with Gasteiger partial charge in [-0.2, -0.15) is 0 Å². The van der Waals surface area contributed by atoms with Gasteiger partial charge in [-0.05, 0) is 74.2 Å². The Morgan fingerprint density at radius 3 is 1.48 bits per heavy atom. The molecule has 2 aromatic rings. The summed E-state index contributed by atoms with van der Waals surface area (Å²) < 4.78 is 27.3. The lowest BCUT2D eigenvalue weighted by Gasteiger charge is -2.11. The van der Waals surface area contributed by atoms with E-state index in [4.69, 9.17) is 23.7 Å². The number of hydrogen-bond acceptors (Lipinski definition) is 7. The van der Waals surface area contributed by atoms with E-state index in [1.165, 1.54) is 0 Å². The molecule has 0 N–H and O–H groups in total. The van der Waals surface area contributed by atoms with E-state index < -0.39 is 0 Å². The van der Waals surface area contributed by atoms with Gasteiger partial charge in [-0.1, -0.05) is 0 Å². The van der Waals surface area contributed by atoms with E-state index >= 15 is 0 Å². The Morgan fingerprint density at radius 1 is 0.710 bits per heavy atom. The number of esters is 2. The van der Waals surface area contributed by atoms with Crippen LogP contribution in [0.3, 0.4) is 0 Å². The van der Waals surface area contributed by atoms with Crippen LogP contribution in [0.25, 0.3) is 0 Å². The summed E-state index contributed by atoms with van der Waals surface area (Å²) in [6.07, 6.45) is 3.86. The van der Waals surface area contributed by atoms with Gasteiger partial charge < -0.3 is 23.7 Å². The number of hydrogen-bond donors (Lipinski definition) is 0. The fourth-order valence-corrected chi connectivity index (χ4v) is 3.51. The molecule has 0 aromatic heterocycles. The third kappa shape index (κ3) is 6.06. The minimum absolute atomic E-state index is 0.00264. The van der Waals surface area contributed by atoms with Crippen LogP contribution in [0.5, 0.6) is 11.5 Å². The Kier molecular flexibility index (Phi) is 7.17. The second-order valence-corrected chi connectivity index (χ2v) is 7.62. The van der Waals surface area contributed by atoms with Crippen molar-refractivity contribution >= 4 is 11.9 Å². The van der Waals surface area contributed by atoms with Crippen molar-refractivity contribution in [2.75, 3.05) is 26.4 Å². The van der Waals surface area contributed by atoms with Gasteiger partial charge in [0.15, 0.2) is 0 Å². The highest BCUT2D eigenvalue weighted by atomic mass is 16.6. The first-order valence-corrected chi connectivity index (χ1v) is 10.6. The first kappa shape index (κ1) is 21.3. The molecule has 2 aliphatic rings. The summed E-state index contributed by atoms with van der Waals surface area (Å²) in [6.45, 7) is 2.01. The van der Waals surface area contributed by atoms with Crippen molar-refractivity contribution in [3.63, 3.8) is 0 Å². The highest BCUT2D eigenvalue weighted by Crippen LogP contribution is 2.23. The van der Waals surface area contributed by atoms with E-state index in [2.05, 4.69) is 0 Å². The maximum Gasteiger partial charge on any atom is 0.338 e. The maximum absolute atomic E-state index is 12.1. The SMILES string of the molecule is O=C(OCC1CCCO1)c1ccc(Oc2ccc(C(=O)OCC3CCCO3)cc2)cc1. The first-order chi connectivity index (χ1) is 15.2.